The highest BCUT2D eigenvalue weighted by molar-refractivity contribution is 5.70. The van der Waals surface area contributed by atoms with Crippen molar-refractivity contribution in [2.24, 2.45) is 0 Å². The van der Waals surface area contributed by atoms with Crippen LogP contribution < -0.4 is 9.64 Å². The first-order chi connectivity index (χ1) is 13.6. The van der Waals surface area contributed by atoms with Gasteiger partial charge in [0.15, 0.2) is 0 Å². The summed E-state index contributed by atoms with van der Waals surface area (Å²) in [5.74, 6) is 0.916. The highest BCUT2D eigenvalue weighted by Gasteiger charge is 2.24. The molecule has 2 heterocycles. The van der Waals surface area contributed by atoms with Gasteiger partial charge in [0.05, 0.1) is 7.11 Å². The van der Waals surface area contributed by atoms with Crippen LogP contribution in [0.2, 0.25) is 0 Å². The number of rotatable bonds is 4. The molecule has 0 amide bonds. The van der Waals surface area contributed by atoms with Crippen LogP contribution >= 0.6 is 0 Å². The molecule has 144 valence electrons. The minimum absolute atomic E-state index is 0.452. The molecule has 0 aliphatic carbocycles. The van der Waals surface area contributed by atoms with Crippen molar-refractivity contribution in [1.29, 1.82) is 0 Å². The molecule has 1 aliphatic rings. The number of fused-ring (bicyclic) bond motifs is 1. The lowest BCUT2D eigenvalue weighted by molar-refractivity contribution is 0.199. The van der Waals surface area contributed by atoms with Gasteiger partial charge in [-0.05, 0) is 59.5 Å². The first-order valence-electron chi connectivity index (χ1n) is 9.75. The molecule has 0 saturated heterocycles. The Balaban J connectivity index is 1.62. The molecule has 0 spiro atoms. The van der Waals surface area contributed by atoms with Crippen LogP contribution in [0, 0.1) is 0 Å². The smallest absolute Gasteiger partial charge is 0.119 e. The molecule has 1 aromatic heterocycles. The number of anilines is 1. The lowest BCUT2D eigenvalue weighted by atomic mass is 10.0. The van der Waals surface area contributed by atoms with E-state index < -0.39 is 0 Å². The zero-order chi connectivity index (χ0) is 19.5. The van der Waals surface area contributed by atoms with Crippen molar-refractivity contribution in [3.05, 3.63) is 78.1 Å². The summed E-state index contributed by atoms with van der Waals surface area (Å²) in [6.07, 6.45) is 3.70. The lowest BCUT2D eigenvalue weighted by Crippen LogP contribution is -2.37. The minimum Gasteiger partial charge on any atom is -0.497 e. The molecule has 0 unspecified atom stereocenters. The number of pyridine rings is 1. The average Bonchev–Trinajstić information content (AvgIpc) is 2.84. The second-order valence-electron chi connectivity index (χ2n) is 7.57. The van der Waals surface area contributed by atoms with Crippen molar-refractivity contribution in [3.8, 4) is 16.9 Å². The van der Waals surface area contributed by atoms with E-state index in [0.717, 1.165) is 25.4 Å². The second-order valence-corrected chi connectivity index (χ2v) is 7.57. The predicted molar refractivity (Wildman–Crippen MR) is 115 cm³/mol. The van der Waals surface area contributed by atoms with Gasteiger partial charge in [-0.15, -0.1) is 0 Å². The number of benzene rings is 2. The number of nitrogens with zero attached hydrogens (tertiary/aromatic N) is 3. The molecule has 1 atom stereocenters. The summed E-state index contributed by atoms with van der Waals surface area (Å²) >= 11 is 0. The molecule has 0 saturated carbocycles. The van der Waals surface area contributed by atoms with Gasteiger partial charge in [-0.1, -0.05) is 24.3 Å². The van der Waals surface area contributed by atoms with Gasteiger partial charge in [-0.3, -0.25) is 9.88 Å². The van der Waals surface area contributed by atoms with E-state index in [1.165, 1.54) is 27.9 Å². The number of ether oxygens (including phenoxy) is 1. The molecule has 0 bridgehead atoms. The average molecular weight is 374 g/mol. The zero-order valence-electron chi connectivity index (χ0n) is 16.8. The molecule has 0 fully saturated rings. The standard InChI is InChI=1S/C24H27N3O/c1-18-15-26(2)24-14-21(20-9-11-25-12-10-20)7-8-22(24)17-27(18)16-19-5-4-6-23(13-19)28-3/h4-14,18H,15-17H2,1-3H3/t18-/m1/s1. The SMILES string of the molecule is COc1cccc(CN2Cc3ccc(-c4ccncc4)cc3N(C)C[C@H]2C)c1. The van der Waals surface area contributed by atoms with E-state index >= 15 is 0 Å². The predicted octanol–water partition coefficient (Wildman–Crippen LogP) is 4.60. The van der Waals surface area contributed by atoms with Gasteiger partial charge in [0.25, 0.3) is 0 Å². The minimum atomic E-state index is 0.452. The zero-order valence-corrected chi connectivity index (χ0v) is 16.8. The van der Waals surface area contributed by atoms with Crippen molar-refractivity contribution in [2.45, 2.75) is 26.1 Å². The second kappa shape index (κ2) is 8.03. The third-order valence-electron chi connectivity index (χ3n) is 5.56. The summed E-state index contributed by atoms with van der Waals surface area (Å²) < 4.78 is 5.39. The molecule has 28 heavy (non-hydrogen) atoms. The Kier molecular flexibility index (Phi) is 5.31. The Bertz CT molecular complexity index is 942. The van der Waals surface area contributed by atoms with Gasteiger partial charge >= 0.3 is 0 Å². The molecule has 4 nitrogen and oxygen atoms in total. The number of hydrogen-bond acceptors (Lipinski definition) is 4. The van der Waals surface area contributed by atoms with Crippen LogP contribution in [-0.4, -0.2) is 36.6 Å². The Morgan fingerprint density at radius 1 is 1.04 bits per heavy atom. The maximum atomic E-state index is 5.39. The highest BCUT2D eigenvalue weighted by atomic mass is 16.5. The summed E-state index contributed by atoms with van der Waals surface area (Å²) in [5.41, 5.74) is 6.41. The summed E-state index contributed by atoms with van der Waals surface area (Å²) in [7, 11) is 3.92. The highest BCUT2D eigenvalue weighted by Crippen LogP contribution is 2.32. The molecule has 0 N–H and O–H groups in total. The summed E-state index contributed by atoms with van der Waals surface area (Å²) in [4.78, 5) is 9.06. The fourth-order valence-corrected chi connectivity index (χ4v) is 3.98. The first-order valence-corrected chi connectivity index (χ1v) is 9.75. The van der Waals surface area contributed by atoms with Gasteiger partial charge in [0.1, 0.15) is 5.75 Å². The molecular formula is C24H27N3O. The largest absolute Gasteiger partial charge is 0.497 e. The fourth-order valence-electron chi connectivity index (χ4n) is 3.98. The maximum absolute atomic E-state index is 5.39. The van der Waals surface area contributed by atoms with Crippen molar-refractivity contribution < 1.29 is 4.74 Å². The van der Waals surface area contributed by atoms with E-state index in [0.29, 0.717) is 6.04 Å². The van der Waals surface area contributed by atoms with Crippen molar-refractivity contribution in [3.63, 3.8) is 0 Å². The summed E-state index contributed by atoms with van der Waals surface area (Å²) in [6, 6.07) is 19.8. The Morgan fingerprint density at radius 2 is 1.86 bits per heavy atom. The van der Waals surface area contributed by atoms with E-state index in [4.69, 9.17) is 4.74 Å². The topological polar surface area (TPSA) is 28.6 Å². The van der Waals surface area contributed by atoms with Gasteiger partial charge in [0.2, 0.25) is 0 Å². The first kappa shape index (κ1) is 18.5. The third-order valence-corrected chi connectivity index (χ3v) is 5.56. The fraction of sp³-hybridized carbons (Fsp3) is 0.292. The van der Waals surface area contributed by atoms with Gasteiger partial charge in [-0.2, -0.15) is 0 Å². The Labute approximate surface area is 167 Å². The van der Waals surface area contributed by atoms with Gasteiger partial charge in [-0.25, -0.2) is 0 Å². The van der Waals surface area contributed by atoms with Crippen LogP contribution in [-0.2, 0) is 13.1 Å². The van der Waals surface area contributed by atoms with Crippen LogP contribution in [0.4, 0.5) is 5.69 Å². The van der Waals surface area contributed by atoms with Crippen LogP contribution in [0.3, 0.4) is 0 Å². The molecule has 1 aliphatic heterocycles. The van der Waals surface area contributed by atoms with E-state index in [2.05, 4.69) is 77.3 Å². The third kappa shape index (κ3) is 3.87. The van der Waals surface area contributed by atoms with E-state index in [1.54, 1.807) is 7.11 Å². The van der Waals surface area contributed by atoms with Crippen LogP contribution in [0.1, 0.15) is 18.1 Å². The maximum Gasteiger partial charge on any atom is 0.119 e. The molecule has 4 heteroatoms. The Hall–Kier alpha value is -2.85. The number of aromatic nitrogens is 1. The summed E-state index contributed by atoms with van der Waals surface area (Å²) in [6.45, 7) is 5.16. The van der Waals surface area contributed by atoms with Crippen LogP contribution in [0.5, 0.6) is 5.75 Å². The molecule has 3 aromatic rings. The molecule has 2 aromatic carbocycles. The number of hydrogen-bond donors (Lipinski definition) is 0. The van der Waals surface area contributed by atoms with E-state index in [9.17, 15) is 0 Å². The van der Waals surface area contributed by atoms with Crippen molar-refractivity contribution in [2.75, 3.05) is 25.6 Å². The quantitative estimate of drug-likeness (QED) is 0.668. The van der Waals surface area contributed by atoms with Gasteiger partial charge < -0.3 is 9.64 Å². The van der Waals surface area contributed by atoms with Crippen molar-refractivity contribution in [1.82, 2.24) is 9.88 Å². The molecule has 0 radical (unpaired) electrons. The lowest BCUT2D eigenvalue weighted by Gasteiger charge is -2.28. The normalized spacial score (nSPS) is 17.1. The Morgan fingerprint density at radius 3 is 2.64 bits per heavy atom. The van der Waals surface area contributed by atoms with E-state index in [-0.39, 0.29) is 0 Å². The molecule has 4 rings (SSSR count). The number of likely N-dealkylation sites (N-methyl/N-ethyl adjacent to an activating group) is 1. The molecular weight excluding hydrogens is 346 g/mol. The van der Waals surface area contributed by atoms with Crippen molar-refractivity contribution >= 4 is 5.69 Å². The monoisotopic (exact) mass is 373 g/mol. The van der Waals surface area contributed by atoms with Crippen LogP contribution in [0.25, 0.3) is 11.1 Å². The van der Waals surface area contributed by atoms with E-state index in [1.807, 2.05) is 18.5 Å². The van der Waals surface area contributed by atoms with Crippen LogP contribution in [0.15, 0.2) is 67.0 Å². The van der Waals surface area contributed by atoms with Gasteiger partial charge in [0, 0.05) is 50.8 Å². The summed E-state index contributed by atoms with van der Waals surface area (Å²) in [5, 5.41) is 0. The number of methoxy groups -OCH3 is 1.